The van der Waals surface area contributed by atoms with Crippen LogP contribution in [0.15, 0.2) is 75.5 Å². The van der Waals surface area contributed by atoms with Gasteiger partial charge in [-0.2, -0.15) is 0 Å². The van der Waals surface area contributed by atoms with Gasteiger partial charge in [0.15, 0.2) is 5.16 Å². The molecule has 2 aromatic carbocycles. The minimum atomic E-state index is -0.247. The third kappa shape index (κ3) is 4.72. The second-order valence-corrected chi connectivity index (χ2v) is 7.04. The van der Waals surface area contributed by atoms with Crippen molar-refractivity contribution < 1.29 is 4.39 Å². The summed E-state index contributed by atoms with van der Waals surface area (Å²) in [7, 11) is 0. The molecule has 3 rings (SSSR count). The summed E-state index contributed by atoms with van der Waals surface area (Å²) in [4.78, 5) is 20.1. The van der Waals surface area contributed by atoms with E-state index in [1.807, 2.05) is 30.3 Å². The minimum absolute atomic E-state index is 0.190. The molecule has 1 aromatic heterocycles. The van der Waals surface area contributed by atoms with Gasteiger partial charge in [-0.25, -0.2) is 9.37 Å². The largest absolute Gasteiger partial charge is 0.301 e. The molecule has 3 aromatic rings. The molecule has 0 aliphatic carbocycles. The number of H-pyrrole nitrogens is 1. The Morgan fingerprint density at radius 2 is 1.71 bits per heavy atom. The number of aromatic nitrogens is 2. The van der Waals surface area contributed by atoms with Crippen LogP contribution >= 0.6 is 23.5 Å². The molecule has 6 heteroatoms. The number of thioether (sulfide) groups is 2. The first-order valence-electron chi connectivity index (χ1n) is 7.35. The van der Waals surface area contributed by atoms with Crippen molar-refractivity contribution in [2.45, 2.75) is 21.6 Å². The van der Waals surface area contributed by atoms with E-state index in [4.69, 9.17) is 0 Å². The quantitative estimate of drug-likeness (QED) is 0.521. The number of hydrogen-bond acceptors (Lipinski definition) is 4. The van der Waals surface area contributed by atoms with Crippen LogP contribution < -0.4 is 5.56 Å². The fourth-order valence-electron chi connectivity index (χ4n) is 2.06. The molecule has 0 bridgehead atoms. The fraction of sp³-hybridized carbons (Fsp3) is 0.111. The van der Waals surface area contributed by atoms with E-state index in [1.54, 1.807) is 30.0 Å². The van der Waals surface area contributed by atoms with Crippen LogP contribution in [0.1, 0.15) is 11.3 Å². The molecule has 3 nitrogen and oxygen atoms in total. The zero-order valence-corrected chi connectivity index (χ0v) is 14.4. The molecule has 0 aliphatic rings. The molecule has 1 N–H and O–H groups in total. The van der Waals surface area contributed by atoms with Crippen molar-refractivity contribution in [1.82, 2.24) is 9.97 Å². The Morgan fingerprint density at radius 1 is 0.958 bits per heavy atom. The van der Waals surface area contributed by atoms with Crippen molar-refractivity contribution in [2.75, 3.05) is 0 Å². The topological polar surface area (TPSA) is 45.8 Å². The highest BCUT2D eigenvalue weighted by molar-refractivity contribution is 7.98. The summed E-state index contributed by atoms with van der Waals surface area (Å²) in [5.41, 5.74) is 1.11. The van der Waals surface area contributed by atoms with E-state index in [-0.39, 0.29) is 11.4 Å². The lowest BCUT2D eigenvalue weighted by atomic mass is 10.2. The SMILES string of the molecule is O=c1cc(CSc2ccccc2)nc(SCc2ccccc2F)[nH]1. The van der Waals surface area contributed by atoms with E-state index in [0.29, 0.717) is 27.9 Å². The van der Waals surface area contributed by atoms with Gasteiger partial charge in [-0.05, 0) is 23.8 Å². The van der Waals surface area contributed by atoms with Crippen LogP contribution in [0.3, 0.4) is 0 Å². The second-order valence-electron chi connectivity index (χ2n) is 5.02. The Balaban J connectivity index is 1.67. The fourth-order valence-corrected chi connectivity index (χ4v) is 3.75. The standard InChI is InChI=1S/C18H15FN2OS2/c19-16-9-5-4-6-13(16)11-24-18-20-14(10-17(22)21-18)12-23-15-7-2-1-3-8-15/h1-10H,11-12H2,(H,20,21,22). The number of nitrogens with one attached hydrogen (secondary N) is 1. The van der Waals surface area contributed by atoms with Crippen LogP contribution in [0.5, 0.6) is 0 Å². The third-order valence-electron chi connectivity index (χ3n) is 3.23. The van der Waals surface area contributed by atoms with Crippen LogP contribution in [0.25, 0.3) is 0 Å². The first-order chi connectivity index (χ1) is 11.7. The normalized spacial score (nSPS) is 10.7. The lowest BCUT2D eigenvalue weighted by Crippen LogP contribution is -2.09. The molecular formula is C18H15FN2OS2. The predicted molar refractivity (Wildman–Crippen MR) is 96.8 cm³/mol. The Bertz CT molecular complexity index is 868. The van der Waals surface area contributed by atoms with Gasteiger partial charge in [-0.15, -0.1) is 11.8 Å². The van der Waals surface area contributed by atoms with E-state index in [0.717, 1.165) is 4.90 Å². The maximum Gasteiger partial charge on any atom is 0.251 e. The van der Waals surface area contributed by atoms with Crippen molar-refractivity contribution in [2.24, 2.45) is 0 Å². The van der Waals surface area contributed by atoms with Gasteiger partial charge in [-0.3, -0.25) is 4.79 Å². The van der Waals surface area contributed by atoms with Crippen LogP contribution in [-0.4, -0.2) is 9.97 Å². The number of nitrogens with zero attached hydrogens (tertiary/aromatic N) is 1. The first-order valence-corrected chi connectivity index (χ1v) is 9.32. The summed E-state index contributed by atoms with van der Waals surface area (Å²) >= 11 is 2.95. The van der Waals surface area contributed by atoms with Crippen molar-refractivity contribution >= 4 is 23.5 Å². The van der Waals surface area contributed by atoms with E-state index < -0.39 is 0 Å². The number of aromatic amines is 1. The third-order valence-corrected chi connectivity index (χ3v) is 5.19. The minimum Gasteiger partial charge on any atom is -0.301 e. The zero-order chi connectivity index (χ0) is 16.8. The van der Waals surface area contributed by atoms with Crippen molar-refractivity contribution in [3.8, 4) is 0 Å². The lowest BCUT2D eigenvalue weighted by molar-refractivity contribution is 0.617. The van der Waals surface area contributed by atoms with Gasteiger partial charge in [0.25, 0.3) is 5.56 Å². The van der Waals surface area contributed by atoms with E-state index in [1.165, 1.54) is 23.9 Å². The molecule has 122 valence electrons. The van der Waals surface area contributed by atoms with E-state index >= 15 is 0 Å². The summed E-state index contributed by atoms with van der Waals surface area (Å²) in [6.07, 6.45) is 0. The maximum absolute atomic E-state index is 13.7. The highest BCUT2D eigenvalue weighted by Crippen LogP contribution is 2.23. The molecule has 0 radical (unpaired) electrons. The second kappa shape index (κ2) is 8.17. The van der Waals surface area contributed by atoms with Gasteiger partial charge in [-0.1, -0.05) is 48.2 Å². The molecule has 0 aliphatic heterocycles. The molecule has 1 heterocycles. The summed E-state index contributed by atoms with van der Waals surface area (Å²) in [5.74, 6) is 0.787. The van der Waals surface area contributed by atoms with E-state index in [2.05, 4.69) is 9.97 Å². The number of hydrogen-bond donors (Lipinski definition) is 1. The van der Waals surface area contributed by atoms with Crippen LogP contribution in [0, 0.1) is 5.82 Å². The number of benzene rings is 2. The van der Waals surface area contributed by atoms with Gasteiger partial charge >= 0.3 is 0 Å². The van der Waals surface area contributed by atoms with Gasteiger partial charge in [0.05, 0.1) is 5.69 Å². The maximum atomic E-state index is 13.7. The van der Waals surface area contributed by atoms with Crippen molar-refractivity contribution in [3.05, 3.63) is 88.1 Å². The van der Waals surface area contributed by atoms with Crippen molar-refractivity contribution in [3.63, 3.8) is 0 Å². The summed E-state index contributed by atoms with van der Waals surface area (Å²) in [6.45, 7) is 0. The average molecular weight is 358 g/mol. The molecule has 0 fully saturated rings. The van der Waals surface area contributed by atoms with Crippen LogP contribution in [0.4, 0.5) is 4.39 Å². The number of halogens is 1. The Hall–Kier alpha value is -2.05. The summed E-state index contributed by atoms with van der Waals surface area (Å²) in [6, 6.07) is 18.1. The number of rotatable bonds is 6. The molecule has 24 heavy (non-hydrogen) atoms. The zero-order valence-electron chi connectivity index (χ0n) is 12.7. The predicted octanol–water partition coefficient (Wildman–Crippen LogP) is 4.49. The molecule has 0 saturated carbocycles. The monoisotopic (exact) mass is 358 g/mol. The highest BCUT2D eigenvalue weighted by Gasteiger charge is 2.06. The Labute approximate surface area is 147 Å². The molecule has 0 saturated heterocycles. The molecular weight excluding hydrogens is 343 g/mol. The first kappa shape index (κ1) is 16.8. The van der Waals surface area contributed by atoms with Gasteiger partial charge in [0, 0.05) is 22.5 Å². The van der Waals surface area contributed by atoms with Crippen LogP contribution in [-0.2, 0) is 11.5 Å². The highest BCUT2D eigenvalue weighted by atomic mass is 32.2. The lowest BCUT2D eigenvalue weighted by Gasteiger charge is -2.05. The Morgan fingerprint density at radius 3 is 2.50 bits per heavy atom. The average Bonchev–Trinajstić information content (AvgIpc) is 2.60. The van der Waals surface area contributed by atoms with Gasteiger partial charge in [0.2, 0.25) is 0 Å². The summed E-state index contributed by atoms with van der Waals surface area (Å²) in [5, 5.41) is 0.509. The van der Waals surface area contributed by atoms with E-state index in [9.17, 15) is 9.18 Å². The smallest absolute Gasteiger partial charge is 0.251 e. The summed E-state index contributed by atoms with van der Waals surface area (Å²) < 4.78 is 13.7. The molecule has 0 unspecified atom stereocenters. The van der Waals surface area contributed by atoms with Gasteiger partial charge < -0.3 is 4.98 Å². The van der Waals surface area contributed by atoms with Crippen LogP contribution in [0.2, 0.25) is 0 Å². The molecule has 0 spiro atoms. The van der Waals surface area contributed by atoms with Gasteiger partial charge in [0.1, 0.15) is 5.82 Å². The molecule has 0 atom stereocenters. The Kier molecular flexibility index (Phi) is 5.72. The molecule has 0 amide bonds. The van der Waals surface area contributed by atoms with Crippen molar-refractivity contribution in [1.29, 1.82) is 0 Å².